The average molecular weight is 570 g/mol. The Hall–Kier alpha value is -3.22. The summed E-state index contributed by atoms with van der Waals surface area (Å²) in [5.41, 5.74) is 3.64. The second-order valence-electron chi connectivity index (χ2n) is 8.20. The number of carbonyl (C=O) groups excluding carboxylic acids is 2. The standard InChI is InChI=1S/C27H22Cl2N4O2S2/c1-15-6-3-4-7-21(15)33-26(35)24-16(2)31-27(18(13-30)25(24)22-8-5-11-36-22)37-14-23(34)32-17-9-10-19(28)20(29)12-17/h3-12,25,31H,14H2,1-2H3,(H,32,34)(H,33,35). The molecule has 3 N–H and O–H groups in total. The minimum atomic E-state index is -0.559. The first-order valence-electron chi connectivity index (χ1n) is 11.2. The lowest BCUT2D eigenvalue weighted by molar-refractivity contribution is -0.114. The van der Waals surface area contributed by atoms with Gasteiger partial charge in [0.15, 0.2) is 0 Å². The number of rotatable bonds is 7. The summed E-state index contributed by atoms with van der Waals surface area (Å²) in [5.74, 6) is -1.07. The van der Waals surface area contributed by atoms with E-state index < -0.39 is 5.92 Å². The second kappa shape index (κ2) is 11.9. The number of nitrogens with one attached hydrogen (secondary N) is 3. The molecule has 0 saturated heterocycles. The van der Waals surface area contributed by atoms with Crippen LogP contribution in [0.3, 0.4) is 0 Å². The molecule has 1 aromatic heterocycles. The smallest absolute Gasteiger partial charge is 0.254 e. The molecule has 2 amide bonds. The number of thiophene rings is 1. The van der Waals surface area contributed by atoms with Crippen LogP contribution >= 0.6 is 46.3 Å². The molecule has 0 saturated carbocycles. The molecule has 1 unspecified atom stereocenters. The molecule has 6 nitrogen and oxygen atoms in total. The van der Waals surface area contributed by atoms with Gasteiger partial charge >= 0.3 is 0 Å². The highest BCUT2D eigenvalue weighted by molar-refractivity contribution is 8.03. The van der Waals surface area contributed by atoms with Crippen molar-refractivity contribution in [2.45, 2.75) is 19.8 Å². The van der Waals surface area contributed by atoms with Crippen molar-refractivity contribution in [2.75, 3.05) is 16.4 Å². The van der Waals surface area contributed by atoms with E-state index in [0.29, 0.717) is 43.3 Å². The van der Waals surface area contributed by atoms with Crippen LogP contribution in [0.1, 0.15) is 23.3 Å². The number of nitrogens with zero attached hydrogens (tertiary/aromatic N) is 1. The van der Waals surface area contributed by atoms with E-state index >= 15 is 0 Å². The summed E-state index contributed by atoms with van der Waals surface area (Å²) < 4.78 is 0. The molecule has 10 heteroatoms. The molecule has 188 valence electrons. The van der Waals surface area contributed by atoms with Crippen LogP contribution in [0.2, 0.25) is 10.0 Å². The number of hydrogen-bond donors (Lipinski definition) is 3. The topological polar surface area (TPSA) is 94.0 Å². The van der Waals surface area contributed by atoms with Gasteiger partial charge in [0.2, 0.25) is 5.91 Å². The number of amides is 2. The molecule has 0 bridgehead atoms. The van der Waals surface area contributed by atoms with Gasteiger partial charge in [-0.1, -0.05) is 59.2 Å². The van der Waals surface area contributed by atoms with Crippen LogP contribution in [0.4, 0.5) is 11.4 Å². The third kappa shape index (κ3) is 6.20. The highest BCUT2D eigenvalue weighted by atomic mass is 35.5. The van der Waals surface area contributed by atoms with Gasteiger partial charge in [0.1, 0.15) is 0 Å². The largest absolute Gasteiger partial charge is 0.353 e. The number of thioether (sulfide) groups is 1. The van der Waals surface area contributed by atoms with Crippen molar-refractivity contribution >= 4 is 69.5 Å². The number of benzene rings is 2. The summed E-state index contributed by atoms with van der Waals surface area (Å²) in [6, 6.07) is 18.5. The monoisotopic (exact) mass is 568 g/mol. The van der Waals surface area contributed by atoms with Crippen LogP contribution in [0.15, 0.2) is 81.8 Å². The van der Waals surface area contributed by atoms with Crippen molar-refractivity contribution in [2.24, 2.45) is 0 Å². The van der Waals surface area contributed by atoms with Crippen LogP contribution in [0.5, 0.6) is 0 Å². The van der Waals surface area contributed by atoms with Crippen molar-refractivity contribution in [1.82, 2.24) is 5.32 Å². The van der Waals surface area contributed by atoms with Crippen molar-refractivity contribution in [1.29, 1.82) is 5.26 Å². The molecular weight excluding hydrogens is 547 g/mol. The van der Waals surface area contributed by atoms with Crippen molar-refractivity contribution in [3.05, 3.63) is 102 Å². The quantitative estimate of drug-likeness (QED) is 0.283. The zero-order valence-electron chi connectivity index (χ0n) is 19.9. The SMILES string of the molecule is CC1=C(C(=O)Nc2ccccc2C)C(c2cccs2)C(C#N)=C(SCC(=O)Nc2ccc(Cl)c(Cl)c2)N1. The third-order valence-corrected chi connectivity index (χ3v) is 8.36. The molecule has 1 aliphatic heterocycles. The Morgan fingerprint density at radius 2 is 1.86 bits per heavy atom. The summed E-state index contributed by atoms with van der Waals surface area (Å²) in [4.78, 5) is 27.0. The van der Waals surface area contributed by atoms with Gasteiger partial charge in [-0.05, 0) is 55.1 Å². The number of para-hydroxylation sites is 1. The number of anilines is 2. The molecule has 3 aromatic rings. The van der Waals surface area contributed by atoms with Crippen LogP contribution < -0.4 is 16.0 Å². The van der Waals surface area contributed by atoms with Gasteiger partial charge in [0.05, 0.1) is 38.4 Å². The van der Waals surface area contributed by atoms with Crippen molar-refractivity contribution < 1.29 is 9.59 Å². The van der Waals surface area contributed by atoms with Crippen LogP contribution in [0, 0.1) is 18.3 Å². The van der Waals surface area contributed by atoms with E-state index in [0.717, 1.165) is 10.4 Å². The molecule has 2 aromatic carbocycles. The Morgan fingerprint density at radius 3 is 2.54 bits per heavy atom. The maximum absolute atomic E-state index is 13.5. The Bertz CT molecular complexity index is 1460. The van der Waals surface area contributed by atoms with Gasteiger partial charge in [-0.15, -0.1) is 11.3 Å². The fourth-order valence-corrected chi connectivity index (χ4v) is 5.91. The fourth-order valence-electron chi connectivity index (χ4n) is 3.88. The lowest BCUT2D eigenvalue weighted by Gasteiger charge is -2.29. The van der Waals surface area contributed by atoms with E-state index in [1.54, 1.807) is 25.1 Å². The second-order valence-corrected chi connectivity index (χ2v) is 11.0. The van der Waals surface area contributed by atoms with Crippen LogP contribution in [0.25, 0.3) is 0 Å². The molecule has 37 heavy (non-hydrogen) atoms. The Morgan fingerprint density at radius 1 is 1.08 bits per heavy atom. The lowest BCUT2D eigenvalue weighted by atomic mass is 9.86. The van der Waals surface area contributed by atoms with E-state index in [9.17, 15) is 14.9 Å². The normalized spacial score (nSPS) is 15.2. The molecule has 2 heterocycles. The van der Waals surface area contributed by atoms with E-state index in [2.05, 4.69) is 22.0 Å². The molecular formula is C27H22Cl2N4O2S2. The highest BCUT2D eigenvalue weighted by Gasteiger charge is 2.35. The van der Waals surface area contributed by atoms with Gasteiger partial charge in [0.25, 0.3) is 5.91 Å². The van der Waals surface area contributed by atoms with Gasteiger partial charge in [-0.3, -0.25) is 9.59 Å². The number of allylic oxidation sites excluding steroid dienone is 2. The Kier molecular flexibility index (Phi) is 8.62. The molecule has 4 rings (SSSR count). The number of aryl methyl sites for hydroxylation is 1. The van der Waals surface area contributed by atoms with E-state index in [1.807, 2.05) is 48.7 Å². The number of dihydropyridines is 1. The van der Waals surface area contributed by atoms with Crippen molar-refractivity contribution in [3.8, 4) is 6.07 Å². The summed E-state index contributed by atoms with van der Waals surface area (Å²) in [5, 5.41) is 22.3. The number of carbonyl (C=O) groups is 2. The average Bonchev–Trinajstić information content (AvgIpc) is 3.40. The summed E-state index contributed by atoms with van der Waals surface area (Å²) in [7, 11) is 0. The number of halogens is 2. The molecule has 0 spiro atoms. The van der Waals surface area contributed by atoms with E-state index in [-0.39, 0.29) is 17.6 Å². The van der Waals surface area contributed by atoms with Gasteiger partial charge in [-0.25, -0.2) is 0 Å². The Labute approximate surface area is 233 Å². The van der Waals surface area contributed by atoms with E-state index in [4.69, 9.17) is 23.2 Å². The molecule has 1 aliphatic rings. The van der Waals surface area contributed by atoms with Crippen LogP contribution in [-0.4, -0.2) is 17.6 Å². The maximum Gasteiger partial charge on any atom is 0.254 e. The fraction of sp³-hybridized carbons (Fsp3) is 0.148. The maximum atomic E-state index is 13.5. The zero-order valence-corrected chi connectivity index (χ0v) is 23.0. The zero-order chi connectivity index (χ0) is 26.5. The van der Waals surface area contributed by atoms with Gasteiger partial charge < -0.3 is 16.0 Å². The first kappa shape index (κ1) is 26.8. The number of hydrogen-bond acceptors (Lipinski definition) is 6. The third-order valence-electron chi connectivity index (χ3n) is 5.66. The molecule has 0 radical (unpaired) electrons. The first-order chi connectivity index (χ1) is 17.8. The summed E-state index contributed by atoms with van der Waals surface area (Å²) >= 11 is 14.7. The van der Waals surface area contributed by atoms with Gasteiger partial charge in [-0.2, -0.15) is 5.26 Å². The molecule has 1 atom stereocenters. The summed E-state index contributed by atoms with van der Waals surface area (Å²) in [6.45, 7) is 3.73. The lowest BCUT2D eigenvalue weighted by Crippen LogP contribution is -2.31. The van der Waals surface area contributed by atoms with Crippen molar-refractivity contribution in [3.63, 3.8) is 0 Å². The minimum absolute atomic E-state index is 0.0446. The number of nitriles is 1. The predicted molar refractivity (Wildman–Crippen MR) is 153 cm³/mol. The molecule has 0 fully saturated rings. The molecule has 0 aliphatic carbocycles. The predicted octanol–water partition coefficient (Wildman–Crippen LogP) is 7.07. The summed E-state index contributed by atoms with van der Waals surface area (Å²) in [6.07, 6.45) is 0. The Balaban J connectivity index is 1.58. The van der Waals surface area contributed by atoms with E-state index in [1.165, 1.54) is 23.1 Å². The first-order valence-corrected chi connectivity index (χ1v) is 13.8. The van der Waals surface area contributed by atoms with Gasteiger partial charge in [0, 0.05) is 27.5 Å². The minimum Gasteiger partial charge on any atom is -0.353 e. The van der Waals surface area contributed by atoms with Crippen LogP contribution in [-0.2, 0) is 9.59 Å². The highest BCUT2D eigenvalue weighted by Crippen LogP contribution is 2.42.